The topological polar surface area (TPSA) is 131 Å². The molecule has 2 aromatic carbocycles. The van der Waals surface area contributed by atoms with Crippen LogP contribution in [0.3, 0.4) is 0 Å². The Labute approximate surface area is 203 Å². The zero-order valence-corrected chi connectivity index (χ0v) is 19.8. The first-order valence-electron chi connectivity index (χ1n) is 11.5. The molecule has 2 amide bonds. The maximum Gasteiger partial charge on any atom is 0.407 e. The van der Waals surface area contributed by atoms with Crippen LogP contribution < -0.4 is 10.6 Å². The number of hydrogen-bond acceptors (Lipinski definition) is 6. The van der Waals surface area contributed by atoms with Crippen molar-refractivity contribution in [3.05, 3.63) is 59.7 Å². The highest BCUT2D eigenvalue weighted by Crippen LogP contribution is 2.44. The van der Waals surface area contributed by atoms with Crippen molar-refractivity contribution in [3.63, 3.8) is 0 Å². The third-order valence-electron chi connectivity index (χ3n) is 6.03. The van der Waals surface area contributed by atoms with Crippen LogP contribution in [0.1, 0.15) is 43.2 Å². The highest BCUT2D eigenvalue weighted by atomic mass is 16.5. The van der Waals surface area contributed by atoms with Crippen molar-refractivity contribution in [3.8, 4) is 11.1 Å². The lowest BCUT2D eigenvalue weighted by molar-refractivity contribution is -0.148. The number of amides is 2. The van der Waals surface area contributed by atoms with E-state index in [0.717, 1.165) is 29.4 Å². The molecule has 3 rings (SSSR count). The second kappa shape index (κ2) is 12.0. The number of methoxy groups -OCH3 is 1. The Morgan fingerprint density at radius 2 is 1.60 bits per heavy atom. The minimum Gasteiger partial charge on any atom is -0.480 e. The molecule has 0 aromatic heterocycles. The number of aliphatic carboxylic acids is 1. The van der Waals surface area contributed by atoms with Crippen LogP contribution >= 0.6 is 0 Å². The van der Waals surface area contributed by atoms with Gasteiger partial charge >= 0.3 is 18.0 Å². The third kappa shape index (κ3) is 6.81. The van der Waals surface area contributed by atoms with Gasteiger partial charge in [-0.2, -0.15) is 0 Å². The number of carbonyl (C=O) groups excluding carboxylic acids is 3. The van der Waals surface area contributed by atoms with E-state index in [1.54, 1.807) is 0 Å². The van der Waals surface area contributed by atoms with E-state index < -0.39 is 36.4 Å². The Bertz CT molecular complexity index is 1040. The van der Waals surface area contributed by atoms with Gasteiger partial charge in [-0.1, -0.05) is 55.5 Å². The number of carboxylic acid groups (broad SMARTS) is 1. The SMILES string of the molecule is COC(=O)C[C@H](NC(=O)CCC(C)CNC(=O)OCC1c2ccccc2-c2ccccc21)C(=O)O. The van der Waals surface area contributed by atoms with E-state index in [9.17, 15) is 19.2 Å². The lowest BCUT2D eigenvalue weighted by Crippen LogP contribution is -2.42. The molecule has 0 heterocycles. The molecular weight excluding hydrogens is 452 g/mol. The van der Waals surface area contributed by atoms with Crippen LogP contribution in [0, 0.1) is 5.92 Å². The molecule has 3 N–H and O–H groups in total. The van der Waals surface area contributed by atoms with Crippen LogP contribution in [0.5, 0.6) is 0 Å². The van der Waals surface area contributed by atoms with E-state index in [1.165, 1.54) is 0 Å². The van der Waals surface area contributed by atoms with Crippen molar-refractivity contribution in [2.75, 3.05) is 20.3 Å². The number of esters is 1. The number of hydrogen-bond donors (Lipinski definition) is 3. The molecule has 0 fully saturated rings. The summed E-state index contributed by atoms with van der Waals surface area (Å²) in [6.45, 7) is 2.38. The molecular formula is C26H30N2O7. The van der Waals surface area contributed by atoms with E-state index in [0.29, 0.717) is 13.0 Å². The van der Waals surface area contributed by atoms with Gasteiger partial charge in [-0.25, -0.2) is 9.59 Å². The predicted octanol–water partition coefficient (Wildman–Crippen LogP) is 3.07. The largest absolute Gasteiger partial charge is 0.480 e. The van der Waals surface area contributed by atoms with Crippen molar-refractivity contribution in [1.82, 2.24) is 10.6 Å². The van der Waals surface area contributed by atoms with E-state index in [-0.39, 0.29) is 24.9 Å². The zero-order chi connectivity index (χ0) is 25.4. The maximum atomic E-state index is 12.3. The van der Waals surface area contributed by atoms with Gasteiger partial charge in [0.15, 0.2) is 0 Å². The van der Waals surface area contributed by atoms with Gasteiger partial charge in [-0.05, 0) is 34.6 Å². The summed E-state index contributed by atoms with van der Waals surface area (Å²) in [7, 11) is 1.15. The van der Waals surface area contributed by atoms with E-state index >= 15 is 0 Å². The van der Waals surface area contributed by atoms with Crippen LogP contribution in [0.2, 0.25) is 0 Å². The van der Waals surface area contributed by atoms with Crippen molar-refractivity contribution >= 4 is 23.9 Å². The summed E-state index contributed by atoms with van der Waals surface area (Å²) in [5.74, 6) is -2.60. The van der Waals surface area contributed by atoms with Gasteiger partial charge in [0.05, 0.1) is 13.5 Å². The fourth-order valence-corrected chi connectivity index (χ4v) is 4.10. The summed E-state index contributed by atoms with van der Waals surface area (Å²) in [5.41, 5.74) is 4.57. The number of nitrogens with one attached hydrogen (secondary N) is 2. The highest BCUT2D eigenvalue weighted by Gasteiger charge is 2.29. The van der Waals surface area contributed by atoms with Crippen molar-refractivity contribution in [2.45, 2.75) is 38.1 Å². The Balaban J connectivity index is 1.41. The summed E-state index contributed by atoms with van der Waals surface area (Å²) in [6, 6.07) is 14.8. The second-order valence-corrected chi connectivity index (χ2v) is 8.59. The fourth-order valence-electron chi connectivity index (χ4n) is 4.10. The number of ether oxygens (including phenoxy) is 2. The Morgan fingerprint density at radius 3 is 2.17 bits per heavy atom. The zero-order valence-electron chi connectivity index (χ0n) is 19.8. The molecule has 0 saturated carbocycles. The maximum absolute atomic E-state index is 12.3. The average Bonchev–Trinajstić information content (AvgIpc) is 3.18. The lowest BCUT2D eigenvalue weighted by Gasteiger charge is -2.17. The predicted molar refractivity (Wildman–Crippen MR) is 128 cm³/mol. The molecule has 1 aliphatic rings. The first kappa shape index (κ1) is 25.7. The number of benzene rings is 2. The minimum absolute atomic E-state index is 0.0264. The molecule has 1 aliphatic carbocycles. The van der Waals surface area contributed by atoms with Crippen molar-refractivity contribution in [1.29, 1.82) is 0 Å². The third-order valence-corrected chi connectivity index (χ3v) is 6.03. The lowest BCUT2D eigenvalue weighted by atomic mass is 9.98. The molecule has 35 heavy (non-hydrogen) atoms. The molecule has 2 aromatic rings. The van der Waals surface area contributed by atoms with E-state index in [4.69, 9.17) is 9.84 Å². The summed E-state index contributed by atoms with van der Waals surface area (Å²) in [5, 5.41) is 14.2. The molecule has 186 valence electrons. The summed E-state index contributed by atoms with van der Waals surface area (Å²) >= 11 is 0. The fraction of sp³-hybridized carbons (Fsp3) is 0.385. The van der Waals surface area contributed by atoms with Crippen LogP contribution in [-0.2, 0) is 23.9 Å². The first-order chi connectivity index (χ1) is 16.8. The van der Waals surface area contributed by atoms with Gasteiger partial charge in [-0.3, -0.25) is 9.59 Å². The molecule has 0 radical (unpaired) electrons. The molecule has 0 spiro atoms. The number of alkyl carbamates (subject to hydrolysis) is 1. The average molecular weight is 483 g/mol. The highest BCUT2D eigenvalue weighted by molar-refractivity contribution is 5.87. The molecule has 9 nitrogen and oxygen atoms in total. The molecule has 1 unspecified atom stereocenters. The quantitative estimate of drug-likeness (QED) is 0.420. The van der Waals surface area contributed by atoms with Crippen molar-refractivity contribution in [2.24, 2.45) is 5.92 Å². The van der Waals surface area contributed by atoms with Crippen LogP contribution in [0.15, 0.2) is 48.5 Å². The van der Waals surface area contributed by atoms with Gasteiger partial charge < -0.3 is 25.2 Å². The standard InChI is InChI=1S/C26H30N2O7/c1-16(11-12-23(29)28-22(25(31)32)13-24(30)34-2)14-27-26(33)35-15-21-19-9-5-3-7-17(19)18-8-4-6-10-20(18)21/h3-10,16,21-22H,11-15H2,1-2H3,(H,27,33)(H,28,29)(H,31,32)/t16?,22-/m0/s1. The number of rotatable bonds is 11. The van der Waals surface area contributed by atoms with Gasteiger partial charge in [0, 0.05) is 18.9 Å². The van der Waals surface area contributed by atoms with Gasteiger partial charge in [0.25, 0.3) is 0 Å². The molecule has 0 bridgehead atoms. The van der Waals surface area contributed by atoms with Crippen LogP contribution in [0.4, 0.5) is 4.79 Å². The van der Waals surface area contributed by atoms with Gasteiger partial charge in [-0.15, -0.1) is 0 Å². The number of carbonyl (C=O) groups is 4. The van der Waals surface area contributed by atoms with E-state index in [2.05, 4.69) is 39.6 Å². The minimum atomic E-state index is -1.34. The van der Waals surface area contributed by atoms with Crippen molar-refractivity contribution < 1.29 is 33.8 Å². The second-order valence-electron chi connectivity index (χ2n) is 8.59. The summed E-state index contributed by atoms with van der Waals surface area (Å²) in [6.07, 6.45) is -0.512. The molecule has 9 heteroatoms. The first-order valence-corrected chi connectivity index (χ1v) is 11.5. The number of fused-ring (bicyclic) bond motifs is 3. The van der Waals surface area contributed by atoms with Crippen LogP contribution in [0.25, 0.3) is 11.1 Å². The normalized spacial score (nSPS) is 13.7. The van der Waals surface area contributed by atoms with Gasteiger partial charge in [0.2, 0.25) is 5.91 Å². The molecule has 0 saturated heterocycles. The Kier molecular flexibility index (Phi) is 8.83. The smallest absolute Gasteiger partial charge is 0.407 e. The summed E-state index contributed by atoms with van der Waals surface area (Å²) in [4.78, 5) is 46.9. The summed E-state index contributed by atoms with van der Waals surface area (Å²) < 4.78 is 9.95. The van der Waals surface area contributed by atoms with Gasteiger partial charge in [0.1, 0.15) is 12.6 Å². The van der Waals surface area contributed by atoms with Crippen LogP contribution in [-0.4, -0.2) is 55.3 Å². The van der Waals surface area contributed by atoms with E-state index in [1.807, 2.05) is 31.2 Å². The Hall–Kier alpha value is -3.88. The monoisotopic (exact) mass is 482 g/mol. The molecule has 0 aliphatic heterocycles. The number of carboxylic acids is 1. The Morgan fingerprint density at radius 1 is 1.00 bits per heavy atom. The molecule has 2 atom stereocenters.